The van der Waals surface area contributed by atoms with Crippen molar-refractivity contribution in [3.8, 4) is 17.2 Å². The molecular weight excluding hydrogens is 392 g/mol. The summed E-state index contributed by atoms with van der Waals surface area (Å²) in [5, 5.41) is 34.4. The Labute approximate surface area is 179 Å². The third-order valence-electron chi connectivity index (χ3n) is 5.45. The van der Waals surface area contributed by atoms with Crippen LogP contribution in [0.2, 0.25) is 0 Å². The van der Waals surface area contributed by atoms with Crippen LogP contribution < -0.4 is 5.32 Å². The highest BCUT2D eigenvalue weighted by molar-refractivity contribution is 5.83. The van der Waals surface area contributed by atoms with Gasteiger partial charge in [-0.3, -0.25) is 4.79 Å². The summed E-state index contributed by atoms with van der Waals surface area (Å²) in [7, 11) is 0. The van der Waals surface area contributed by atoms with Gasteiger partial charge in [0.1, 0.15) is 17.2 Å². The number of benzene rings is 3. The molecule has 0 aliphatic heterocycles. The lowest BCUT2D eigenvalue weighted by Gasteiger charge is -2.20. The van der Waals surface area contributed by atoms with Crippen LogP contribution in [0.4, 0.5) is 0 Å². The molecule has 31 heavy (non-hydrogen) atoms. The predicted octanol–water partition coefficient (Wildman–Crippen LogP) is 4.17. The van der Waals surface area contributed by atoms with Crippen molar-refractivity contribution in [2.24, 2.45) is 0 Å². The van der Waals surface area contributed by atoms with Crippen LogP contribution in [0.5, 0.6) is 17.2 Å². The van der Waals surface area contributed by atoms with E-state index in [4.69, 9.17) is 0 Å². The van der Waals surface area contributed by atoms with Gasteiger partial charge in [-0.25, -0.2) is 0 Å². The molecule has 0 saturated carbocycles. The number of hydrogen-bond acceptors (Lipinski definition) is 4. The second-order valence-electron chi connectivity index (χ2n) is 7.52. The minimum atomic E-state index is -0.560. The number of nitrogens with one attached hydrogen (secondary N) is 2. The van der Waals surface area contributed by atoms with E-state index in [1.807, 2.05) is 60.8 Å². The van der Waals surface area contributed by atoms with Crippen molar-refractivity contribution < 1.29 is 20.1 Å². The molecule has 0 fully saturated rings. The maximum Gasteiger partial charge on any atom is 0.220 e. The maximum absolute atomic E-state index is 12.8. The fourth-order valence-electron chi connectivity index (χ4n) is 3.97. The number of aromatic nitrogens is 1. The van der Waals surface area contributed by atoms with Crippen molar-refractivity contribution in [2.45, 2.75) is 18.8 Å². The lowest BCUT2D eigenvalue weighted by molar-refractivity contribution is -0.121. The molecule has 6 nitrogen and oxygen atoms in total. The van der Waals surface area contributed by atoms with E-state index in [1.165, 1.54) is 12.1 Å². The molecule has 0 spiro atoms. The smallest absolute Gasteiger partial charge is 0.220 e. The molecule has 0 bridgehead atoms. The summed E-state index contributed by atoms with van der Waals surface area (Å²) >= 11 is 0. The lowest BCUT2D eigenvalue weighted by Crippen LogP contribution is -2.27. The number of phenols is 3. The van der Waals surface area contributed by atoms with E-state index in [2.05, 4.69) is 10.3 Å². The molecule has 0 aliphatic rings. The minimum Gasteiger partial charge on any atom is -0.508 e. The average molecular weight is 416 g/mol. The lowest BCUT2D eigenvalue weighted by atomic mass is 9.87. The van der Waals surface area contributed by atoms with E-state index in [9.17, 15) is 20.1 Å². The monoisotopic (exact) mass is 416 g/mol. The molecule has 0 aliphatic carbocycles. The van der Waals surface area contributed by atoms with Crippen LogP contribution in [-0.4, -0.2) is 32.8 Å². The van der Waals surface area contributed by atoms with E-state index in [0.29, 0.717) is 13.0 Å². The largest absolute Gasteiger partial charge is 0.508 e. The van der Waals surface area contributed by atoms with Crippen molar-refractivity contribution in [3.63, 3.8) is 0 Å². The van der Waals surface area contributed by atoms with Crippen molar-refractivity contribution in [3.05, 3.63) is 89.6 Å². The molecule has 0 radical (unpaired) electrons. The number of carbonyl (C=O) groups excluding carboxylic acids is 1. The van der Waals surface area contributed by atoms with Gasteiger partial charge in [0, 0.05) is 53.7 Å². The Morgan fingerprint density at radius 1 is 0.935 bits per heavy atom. The number of carbonyl (C=O) groups is 1. The number of fused-ring (bicyclic) bond motifs is 1. The van der Waals surface area contributed by atoms with Gasteiger partial charge in [-0.2, -0.15) is 0 Å². The van der Waals surface area contributed by atoms with E-state index >= 15 is 0 Å². The highest BCUT2D eigenvalue weighted by Crippen LogP contribution is 2.42. The Morgan fingerprint density at radius 3 is 2.35 bits per heavy atom. The van der Waals surface area contributed by atoms with Crippen LogP contribution in [0, 0.1) is 0 Å². The van der Waals surface area contributed by atoms with Crippen LogP contribution in [-0.2, 0) is 11.2 Å². The second kappa shape index (κ2) is 8.83. The zero-order chi connectivity index (χ0) is 21.8. The van der Waals surface area contributed by atoms with Crippen LogP contribution >= 0.6 is 0 Å². The van der Waals surface area contributed by atoms with Crippen molar-refractivity contribution >= 4 is 16.8 Å². The Kier molecular flexibility index (Phi) is 5.80. The Hall–Kier alpha value is -3.93. The number of H-pyrrole nitrogens is 1. The van der Waals surface area contributed by atoms with Gasteiger partial charge in [0.2, 0.25) is 5.91 Å². The molecule has 0 saturated heterocycles. The summed E-state index contributed by atoms with van der Waals surface area (Å²) in [4.78, 5) is 16.0. The maximum atomic E-state index is 12.8. The van der Waals surface area contributed by atoms with Crippen molar-refractivity contribution in [1.29, 1.82) is 0 Å². The van der Waals surface area contributed by atoms with Gasteiger partial charge in [0.05, 0.1) is 0 Å². The summed E-state index contributed by atoms with van der Waals surface area (Å²) in [5.74, 6) is -1.50. The topological polar surface area (TPSA) is 106 Å². The zero-order valence-corrected chi connectivity index (χ0v) is 16.9. The van der Waals surface area contributed by atoms with E-state index < -0.39 is 5.92 Å². The van der Waals surface area contributed by atoms with E-state index in [-0.39, 0.29) is 35.1 Å². The number of aromatic amines is 1. The third kappa shape index (κ3) is 4.48. The van der Waals surface area contributed by atoms with Crippen LogP contribution in [0.1, 0.15) is 29.0 Å². The first-order chi connectivity index (χ1) is 15.0. The fourth-order valence-corrected chi connectivity index (χ4v) is 3.97. The Balaban J connectivity index is 1.49. The van der Waals surface area contributed by atoms with Crippen molar-refractivity contribution in [1.82, 2.24) is 10.3 Å². The predicted molar refractivity (Wildman–Crippen MR) is 119 cm³/mol. The van der Waals surface area contributed by atoms with Gasteiger partial charge in [-0.15, -0.1) is 0 Å². The Morgan fingerprint density at radius 2 is 1.61 bits per heavy atom. The molecule has 3 aromatic carbocycles. The van der Waals surface area contributed by atoms with Gasteiger partial charge < -0.3 is 25.6 Å². The summed E-state index contributed by atoms with van der Waals surface area (Å²) in [6.07, 6.45) is 2.68. The number of para-hydroxylation sites is 1. The normalized spacial score (nSPS) is 12.0. The van der Waals surface area contributed by atoms with Gasteiger partial charge in [0.25, 0.3) is 0 Å². The number of amides is 1. The summed E-state index contributed by atoms with van der Waals surface area (Å²) in [6.45, 7) is 0.468. The summed E-state index contributed by atoms with van der Waals surface area (Å²) < 4.78 is 0. The van der Waals surface area contributed by atoms with E-state index in [0.717, 1.165) is 22.0 Å². The van der Waals surface area contributed by atoms with Crippen LogP contribution in [0.3, 0.4) is 0 Å². The first kappa shape index (κ1) is 20.3. The first-order valence-corrected chi connectivity index (χ1v) is 10.1. The molecule has 5 N–H and O–H groups in total. The fraction of sp³-hybridized carbons (Fsp3) is 0.160. The molecule has 1 heterocycles. The summed E-state index contributed by atoms with van der Waals surface area (Å²) in [5.41, 5.74) is 3.19. The number of phenolic OH excluding ortho intramolecular Hbond substituents is 3. The van der Waals surface area contributed by atoms with Gasteiger partial charge in [0.15, 0.2) is 0 Å². The average Bonchev–Trinajstić information content (AvgIpc) is 3.16. The third-order valence-corrected chi connectivity index (χ3v) is 5.45. The van der Waals surface area contributed by atoms with Gasteiger partial charge >= 0.3 is 0 Å². The van der Waals surface area contributed by atoms with Crippen LogP contribution in [0.15, 0.2) is 72.9 Å². The minimum absolute atomic E-state index is 0.0454. The number of rotatable bonds is 7. The number of hydrogen-bond donors (Lipinski definition) is 5. The van der Waals surface area contributed by atoms with Crippen LogP contribution in [0.25, 0.3) is 10.9 Å². The molecule has 4 rings (SSSR count). The van der Waals surface area contributed by atoms with E-state index in [1.54, 1.807) is 0 Å². The molecule has 1 atom stereocenters. The molecule has 4 aromatic rings. The molecule has 158 valence electrons. The first-order valence-electron chi connectivity index (χ1n) is 10.1. The SMILES string of the molecule is O=C(CC(c1ccccc1)c1c(O)cc(O)cc1O)NCCc1c[nH]c2ccccc12. The molecule has 1 aromatic heterocycles. The standard InChI is InChI=1S/C25H24N2O4/c28-18-12-22(29)25(23(30)13-18)20(16-6-2-1-3-7-16)14-24(31)26-11-10-17-15-27-21-9-5-4-8-19(17)21/h1-9,12-13,15,20,27-30H,10-11,14H2,(H,26,31). The van der Waals surface area contributed by atoms with Crippen molar-refractivity contribution in [2.75, 3.05) is 6.54 Å². The quantitative estimate of drug-likeness (QED) is 0.312. The molecule has 1 unspecified atom stereocenters. The van der Waals surface area contributed by atoms with Gasteiger partial charge in [-0.1, -0.05) is 48.5 Å². The number of aromatic hydroxyl groups is 3. The molecule has 6 heteroatoms. The van der Waals surface area contributed by atoms with Gasteiger partial charge in [-0.05, 0) is 23.6 Å². The Bertz CT molecular complexity index is 1180. The summed E-state index contributed by atoms with van der Waals surface area (Å²) in [6, 6.07) is 19.6. The molecular formula is C25H24N2O4. The zero-order valence-electron chi connectivity index (χ0n) is 16.9. The second-order valence-corrected chi connectivity index (χ2v) is 7.52. The highest BCUT2D eigenvalue weighted by Gasteiger charge is 2.25. The highest BCUT2D eigenvalue weighted by atomic mass is 16.3. The molecule has 1 amide bonds.